The molecule has 0 saturated carbocycles. The molecule has 8 nitrogen and oxygen atoms in total. The first-order valence-corrected chi connectivity index (χ1v) is 14.7. The molecule has 5 rings (SSSR count). The normalized spacial score (nSPS) is 14.6. The smallest absolute Gasteiger partial charge is 0.338 e. The number of carbonyl (C=O) groups excluding carboxylic acids is 1. The van der Waals surface area contributed by atoms with Crippen molar-refractivity contribution in [2.75, 3.05) is 7.11 Å². The van der Waals surface area contributed by atoms with Crippen LogP contribution in [0.3, 0.4) is 0 Å². The van der Waals surface area contributed by atoms with Crippen molar-refractivity contribution in [2.45, 2.75) is 39.5 Å². The highest BCUT2D eigenvalue weighted by molar-refractivity contribution is 7.07. The standard InChI is InChI=1S/C33H28ClN3O5S/c1-19(2)42-32(39)29-20(3)36-33-37(30(29)22-10-12-25(34)13-11-22)31(38)28(43-33)16-21-9-14-26(27(15-21)40-4)41-18-24-8-6-5-7-23(24)17-35/h5-16,19,30H,18H2,1-4H3. The minimum absolute atomic E-state index is 0.198. The van der Waals surface area contributed by atoms with Crippen LogP contribution in [0.25, 0.3) is 6.08 Å². The Kier molecular flexibility index (Phi) is 8.81. The van der Waals surface area contributed by atoms with E-state index in [1.807, 2.05) is 18.2 Å². The molecule has 1 aliphatic rings. The van der Waals surface area contributed by atoms with Crippen molar-refractivity contribution in [1.82, 2.24) is 4.57 Å². The van der Waals surface area contributed by atoms with Gasteiger partial charge in [-0.05, 0) is 68.3 Å². The third-order valence-electron chi connectivity index (χ3n) is 6.78. The maximum Gasteiger partial charge on any atom is 0.338 e. The van der Waals surface area contributed by atoms with Crippen LogP contribution in [0.15, 0.2) is 87.8 Å². The lowest BCUT2D eigenvalue weighted by Gasteiger charge is -2.25. The van der Waals surface area contributed by atoms with Gasteiger partial charge in [-0.3, -0.25) is 9.36 Å². The van der Waals surface area contributed by atoms with Crippen molar-refractivity contribution in [2.24, 2.45) is 4.99 Å². The molecule has 0 bridgehead atoms. The SMILES string of the molecule is COc1cc(C=c2sc3n(c2=O)C(c2ccc(Cl)cc2)C(C(=O)OC(C)C)=C(C)N=3)ccc1OCc1ccccc1C#N. The van der Waals surface area contributed by atoms with Gasteiger partial charge in [0.25, 0.3) is 5.56 Å². The van der Waals surface area contributed by atoms with E-state index in [1.165, 1.54) is 23.0 Å². The number of hydrogen-bond acceptors (Lipinski definition) is 8. The Bertz CT molecular complexity index is 1950. The Hall–Kier alpha value is -4.65. The fraction of sp³-hybridized carbons (Fsp3) is 0.212. The van der Waals surface area contributed by atoms with E-state index in [2.05, 4.69) is 11.1 Å². The largest absolute Gasteiger partial charge is 0.493 e. The van der Waals surface area contributed by atoms with E-state index in [0.717, 1.165) is 5.56 Å². The van der Waals surface area contributed by atoms with Crippen LogP contribution in [0.5, 0.6) is 11.5 Å². The number of allylic oxidation sites excluding steroid dienone is 1. The number of methoxy groups -OCH3 is 1. The third-order valence-corrected chi connectivity index (χ3v) is 8.01. The third kappa shape index (κ3) is 6.26. The van der Waals surface area contributed by atoms with Crippen molar-refractivity contribution in [3.05, 3.63) is 125 Å². The van der Waals surface area contributed by atoms with Crippen LogP contribution < -0.4 is 24.4 Å². The molecular weight excluding hydrogens is 586 g/mol. The Morgan fingerprint density at radius 1 is 1.14 bits per heavy atom. The van der Waals surface area contributed by atoms with Crippen LogP contribution in [0, 0.1) is 11.3 Å². The summed E-state index contributed by atoms with van der Waals surface area (Å²) in [6.07, 6.45) is 1.41. The van der Waals surface area contributed by atoms with Crippen LogP contribution >= 0.6 is 22.9 Å². The molecule has 0 aliphatic carbocycles. The van der Waals surface area contributed by atoms with Crippen LogP contribution in [-0.4, -0.2) is 23.8 Å². The van der Waals surface area contributed by atoms with Gasteiger partial charge in [-0.1, -0.05) is 59.3 Å². The summed E-state index contributed by atoms with van der Waals surface area (Å²) >= 11 is 7.38. The number of aromatic nitrogens is 1. The fourth-order valence-electron chi connectivity index (χ4n) is 4.78. The lowest BCUT2D eigenvalue weighted by Crippen LogP contribution is -2.40. The number of rotatable bonds is 8. The van der Waals surface area contributed by atoms with Gasteiger partial charge in [-0.25, -0.2) is 9.79 Å². The highest BCUT2D eigenvalue weighted by atomic mass is 35.5. The molecule has 4 aromatic rings. The number of ether oxygens (including phenoxy) is 3. The fourth-order valence-corrected chi connectivity index (χ4v) is 5.95. The zero-order valence-electron chi connectivity index (χ0n) is 24.0. The second kappa shape index (κ2) is 12.7. The number of carbonyl (C=O) groups is 1. The first kappa shape index (κ1) is 29.8. The van der Waals surface area contributed by atoms with E-state index in [4.69, 9.17) is 25.8 Å². The van der Waals surface area contributed by atoms with Gasteiger partial charge in [0.1, 0.15) is 6.61 Å². The van der Waals surface area contributed by atoms with E-state index in [0.29, 0.717) is 53.8 Å². The highest BCUT2D eigenvalue weighted by Gasteiger charge is 2.33. The second-order valence-electron chi connectivity index (χ2n) is 10.1. The maximum absolute atomic E-state index is 13.9. The summed E-state index contributed by atoms with van der Waals surface area (Å²) in [5.74, 6) is 0.452. The summed E-state index contributed by atoms with van der Waals surface area (Å²) < 4.78 is 19.1. The summed E-state index contributed by atoms with van der Waals surface area (Å²) in [6, 6.07) is 21.1. The Balaban J connectivity index is 1.54. The van der Waals surface area contributed by atoms with Crippen molar-refractivity contribution < 1.29 is 19.0 Å². The molecule has 0 saturated heterocycles. The van der Waals surface area contributed by atoms with Gasteiger partial charge in [0, 0.05) is 10.6 Å². The monoisotopic (exact) mass is 613 g/mol. The number of thiazole rings is 1. The van der Waals surface area contributed by atoms with E-state index < -0.39 is 12.0 Å². The molecule has 10 heteroatoms. The average Bonchev–Trinajstić information content (AvgIpc) is 3.29. The Labute approximate surface area is 257 Å². The second-order valence-corrected chi connectivity index (χ2v) is 11.5. The number of fused-ring (bicyclic) bond motifs is 1. The molecule has 1 aromatic heterocycles. The topological polar surface area (TPSA) is 103 Å². The van der Waals surface area contributed by atoms with E-state index >= 15 is 0 Å². The van der Waals surface area contributed by atoms with Gasteiger partial charge < -0.3 is 14.2 Å². The molecule has 1 atom stereocenters. The van der Waals surface area contributed by atoms with Gasteiger partial charge >= 0.3 is 5.97 Å². The quantitative estimate of drug-likeness (QED) is 0.250. The van der Waals surface area contributed by atoms with Gasteiger partial charge in [-0.15, -0.1) is 0 Å². The van der Waals surface area contributed by atoms with E-state index in [1.54, 1.807) is 75.4 Å². The van der Waals surface area contributed by atoms with Crippen molar-refractivity contribution in [3.63, 3.8) is 0 Å². The number of hydrogen-bond donors (Lipinski definition) is 0. The molecule has 2 heterocycles. The predicted molar refractivity (Wildman–Crippen MR) is 165 cm³/mol. The maximum atomic E-state index is 13.9. The van der Waals surface area contributed by atoms with Crippen LogP contribution in [0.4, 0.5) is 0 Å². The molecule has 3 aromatic carbocycles. The van der Waals surface area contributed by atoms with Gasteiger partial charge in [-0.2, -0.15) is 5.26 Å². The summed E-state index contributed by atoms with van der Waals surface area (Å²) in [6.45, 7) is 5.49. The van der Waals surface area contributed by atoms with Crippen molar-refractivity contribution in [3.8, 4) is 17.6 Å². The first-order valence-electron chi connectivity index (χ1n) is 13.5. The number of halogens is 1. The predicted octanol–water partition coefficient (Wildman–Crippen LogP) is 5.30. The number of nitriles is 1. The zero-order chi connectivity index (χ0) is 30.7. The number of benzene rings is 3. The minimum atomic E-state index is -0.733. The highest BCUT2D eigenvalue weighted by Crippen LogP contribution is 2.32. The molecule has 0 spiro atoms. The number of esters is 1. The van der Waals surface area contributed by atoms with Gasteiger partial charge in [0.05, 0.1) is 46.7 Å². The summed E-state index contributed by atoms with van der Waals surface area (Å²) in [5.41, 5.74) is 3.23. The summed E-state index contributed by atoms with van der Waals surface area (Å²) in [5, 5.41) is 9.90. The average molecular weight is 614 g/mol. The lowest BCUT2D eigenvalue weighted by atomic mass is 9.96. The van der Waals surface area contributed by atoms with Gasteiger partial charge in [0.2, 0.25) is 0 Å². The summed E-state index contributed by atoms with van der Waals surface area (Å²) in [4.78, 5) is 32.3. The molecule has 0 fully saturated rings. The molecule has 43 heavy (non-hydrogen) atoms. The molecule has 1 unspecified atom stereocenters. The van der Waals surface area contributed by atoms with Crippen molar-refractivity contribution >= 4 is 35.0 Å². The lowest BCUT2D eigenvalue weighted by molar-refractivity contribution is -0.143. The van der Waals surface area contributed by atoms with Crippen LogP contribution in [0.1, 0.15) is 49.1 Å². The summed E-state index contributed by atoms with van der Waals surface area (Å²) in [7, 11) is 1.54. The first-order chi connectivity index (χ1) is 20.7. The molecule has 1 aliphatic heterocycles. The Morgan fingerprint density at radius 3 is 2.58 bits per heavy atom. The molecule has 218 valence electrons. The van der Waals surface area contributed by atoms with E-state index in [9.17, 15) is 14.9 Å². The van der Waals surface area contributed by atoms with Crippen molar-refractivity contribution in [1.29, 1.82) is 5.26 Å². The minimum Gasteiger partial charge on any atom is -0.493 e. The molecule has 0 radical (unpaired) electrons. The van der Waals surface area contributed by atoms with Crippen LogP contribution in [-0.2, 0) is 16.1 Å². The number of nitrogens with zero attached hydrogens (tertiary/aromatic N) is 3. The van der Waals surface area contributed by atoms with E-state index in [-0.39, 0.29) is 18.3 Å². The molecular formula is C33H28ClN3O5S. The Morgan fingerprint density at radius 2 is 1.88 bits per heavy atom. The van der Waals surface area contributed by atoms with Crippen LogP contribution in [0.2, 0.25) is 5.02 Å². The zero-order valence-corrected chi connectivity index (χ0v) is 25.5. The molecule has 0 amide bonds. The molecule has 0 N–H and O–H groups in total. The van der Waals surface area contributed by atoms with Gasteiger partial charge in [0.15, 0.2) is 16.3 Å².